The summed E-state index contributed by atoms with van der Waals surface area (Å²) in [7, 11) is 0. The van der Waals surface area contributed by atoms with Crippen LogP contribution in [0.15, 0.2) is 36.4 Å². The predicted molar refractivity (Wildman–Crippen MR) is 127 cm³/mol. The zero-order valence-corrected chi connectivity index (χ0v) is 19.8. The molecule has 0 amide bonds. The predicted octanol–water partition coefficient (Wildman–Crippen LogP) is 5.03. The number of aliphatic carboxylic acids is 1. The fraction of sp³-hybridized carbons (Fsp3) is 0.500. The monoisotopic (exact) mass is 448 g/mol. The minimum absolute atomic E-state index is 0.505. The van der Waals surface area contributed by atoms with Gasteiger partial charge in [0, 0.05) is 30.4 Å². The molecule has 3 aromatic rings. The summed E-state index contributed by atoms with van der Waals surface area (Å²) in [6.45, 7) is 9.28. The lowest BCUT2D eigenvalue weighted by atomic mass is 9.93. The summed E-state index contributed by atoms with van der Waals surface area (Å²) in [4.78, 5) is 19.5. The molecule has 1 saturated heterocycles. The van der Waals surface area contributed by atoms with Crippen LogP contribution in [0.3, 0.4) is 0 Å². The van der Waals surface area contributed by atoms with E-state index in [0.717, 1.165) is 48.7 Å². The van der Waals surface area contributed by atoms with Gasteiger partial charge in [-0.3, -0.25) is 0 Å². The topological polar surface area (TPSA) is 80.0 Å². The van der Waals surface area contributed by atoms with Gasteiger partial charge in [0.05, 0.1) is 16.9 Å². The van der Waals surface area contributed by atoms with Crippen molar-refractivity contribution in [2.75, 3.05) is 18.0 Å². The molecule has 2 aliphatic rings. The maximum absolute atomic E-state index is 12.4. The van der Waals surface area contributed by atoms with E-state index in [1.54, 1.807) is 0 Å². The number of anilines is 1. The Morgan fingerprint density at radius 2 is 1.79 bits per heavy atom. The standard InChI is InChI=1S/C26H32N4O3/c1-17-21(22(24(31)32)33-25(2,3)4)23(29-14-12-26(10-11-26)13-15-29)30-20(27-17)16-19(28-30)18-8-6-5-7-9-18/h5-9,16,22H,10-15H2,1-4H3,(H,31,32). The van der Waals surface area contributed by atoms with Gasteiger partial charge in [-0.1, -0.05) is 30.3 Å². The minimum Gasteiger partial charge on any atom is -0.479 e. The van der Waals surface area contributed by atoms with E-state index in [4.69, 9.17) is 14.8 Å². The third kappa shape index (κ3) is 4.22. The molecule has 2 fully saturated rings. The normalized spacial score (nSPS) is 18.6. The molecule has 33 heavy (non-hydrogen) atoms. The second kappa shape index (κ2) is 7.83. The smallest absolute Gasteiger partial charge is 0.337 e. The lowest BCUT2D eigenvalue weighted by Crippen LogP contribution is -2.38. The molecule has 5 rings (SSSR count). The molecule has 2 aromatic heterocycles. The third-order valence-electron chi connectivity index (χ3n) is 6.91. The lowest BCUT2D eigenvalue weighted by molar-refractivity contribution is -0.160. The summed E-state index contributed by atoms with van der Waals surface area (Å²) in [6, 6.07) is 12.0. The highest BCUT2D eigenvalue weighted by molar-refractivity contribution is 5.79. The molecule has 174 valence electrons. The lowest BCUT2D eigenvalue weighted by Gasteiger charge is -2.36. The van der Waals surface area contributed by atoms with Crippen LogP contribution in [0.1, 0.15) is 63.8 Å². The maximum atomic E-state index is 12.4. The second-order valence-electron chi connectivity index (χ2n) is 10.5. The van der Waals surface area contributed by atoms with Crippen molar-refractivity contribution in [2.45, 2.75) is 65.1 Å². The van der Waals surface area contributed by atoms with Gasteiger partial charge in [-0.15, -0.1) is 0 Å². The van der Waals surface area contributed by atoms with Crippen molar-refractivity contribution in [3.8, 4) is 11.3 Å². The number of hydrogen-bond donors (Lipinski definition) is 1. The number of benzene rings is 1. The first kappa shape index (κ1) is 21.9. The molecular formula is C26H32N4O3. The number of piperidine rings is 1. The van der Waals surface area contributed by atoms with Gasteiger partial charge >= 0.3 is 5.97 Å². The third-order valence-corrected chi connectivity index (χ3v) is 6.91. The largest absolute Gasteiger partial charge is 0.479 e. The number of aryl methyl sites for hydroxylation is 1. The fourth-order valence-electron chi connectivity index (χ4n) is 4.93. The number of rotatable bonds is 5. The van der Waals surface area contributed by atoms with Gasteiger partial charge < -0.3 is 14.7 Å². The Balaban J connectivity index is 1.69. The van der Waals surface area contributed by atoms with E-state index in [2.05, 4.69) is 4.90 Å². The van der Waals surface area contributed by atoms with E-state index in [9.17, 15) is 9.90 Å². The number of aromatic nitrogens is 3. The van der Waals surface area contributed by atoms with Crippen molar-refractivity contribution < 1.29 is 14.6 Å². The molecule has 1 spiro atoms. The van der Waals surface area contributed by atoms with Gasteiger partial charge in [0.1, 0.15) is 5.82 Å². The molecule has 1 aliphatic heterocycles. The van der Waals surface area contributed by atoms with Crippen molar-refractivity contribution in [3.05, 3.63) is 47.7 Å². The number of carboxylic acids is 1. The number of carbonyl (C=O) groups is 1. The Morgan fingerprint density at radius 3 is 2.36 bits per heavy atom. The number of nitrogens with zero attached hydrogens (tertiary/aromatic N) is 4. The molecule has 1 aromatic carbocycles. The van der Waals surface area contributed by atoms with Crippen LogP contribution in [0.2, 0.25) is 0 Å². The molecule has 1 atom stereocenters. The quantitative estimate of drug-likeness (QED) is 0.590. The van der Waals surface area contributed by atoms with Crippen LogP contribution >= 0.6 is 0 Å². The summed E-state index contributed by atoms with van der Waals surface area (Å²) in [5, 5.41) is 15.1. The molecule has 0 radical (unpaired) electrons. The highest BCUT2D eigenvalue weighted by Gasteiger charge is 2.45. The van der Waals surface area contributed by atoms with E-state index in [1.165, 1.54) is 12.8 Å². The summed E-state index contributed by atoms with van der Waals surface area (Å²) >= 11 is 0. The first-order valence-corrected chi connectivity index (χ1v) is 11.8. The van der Waals surface area contributed by atoms with Crippen LogP contribution in [0.25, 0.3) is 16.9 Å². The molecule has 1 unspecified atom stereocenters. The summed E-state index contributed by atoms with van der Waals surface area (Å²) < 4.78 is 7.91. The molecule has 3 heterocycles. The van der Waals surface area contributed by atoms with Gasteiger partial charge in [-0.25, -0.2) is 9.78 Å². The average molecular weight is 449 g/mol. The second-order valence-corrected chi connectivity index (χ2v) is 10.5. The Morgan fingerprint density at radius 1 is 1.12 bits per heavy atom. The van der Waals surface area contributed by atoms with E-state index < -0.39 is 17.7 Å². The molecule has 1 saturated carbocycles. The highest BCUT2D eigenvalue weighted by Crippen LogP contribution is 2.54. The summed E-state index contributed by atoms with van der Waals surface area (Å²) in [5.74, 6) is -0.214. The Kier molecular flexibility index (Phi) is 5.20. The Labute approximate surface area is 194 Å². The van der Waals surface area contributed by atoms with Crippen molar-refractivity contribution in [1.82, 2.24) is 14.6 Å². The molecule has 7 heteroatoms. The van der Waals surface area contributed by atoms with Crippen LogP contribution in [0.4, 0.5) is 5.82 Å². The first-order valence-electron chi connectivity index (χ1n) is 11.8. The van der Waals surface area contributed by atoms with Gasteiger partial charge in [0.25, 0.3) is 0 Å². The molecule has 0 bridgehead atoms. The SMILES string of the molecule is Cc1nc2cc(-c3ccccc3)nn2c(N2CCC3(CC2)CC3)c1C(OC(C)(C)C)C(=O)O. The summed E-state index contributed by atoms with van der Waals surface area (Å²) in [5.41, 5.74) is 3.69. The van der Waals surface area contributed by atoms with Crippen LogP contribution < -0.4 is 4.90 Å². The fourth-order valence-corrected chi connectivity index (χ4v) is 4.93. The minimum atomic E-state index is -1.13. The van der Waals surface area contributed by atoms with Crippen molar-refractivity contribution in [1.29, 1.82) is 0 Å². The number of carboxylic acid groups (broad SMARTS) is 1. The number of fused-ring (bicyclic) bond motifs is 1. The highest BCUT2D eigenvalue weighted by atomic mass is 16.5. The number of ether oxygens (including phenoxy) is 1. The van der Waals surface area contributed by atoms with Crippen LogP contribution in [-0.2, 0) is 9.53 Å². The Hall–Kier alpha value is -2.93. The van der Waals surface area contributed by atoms with Crippen LogP contribution in [0, 0.1) is 12.3 Å². The van der Waals surface area contributed by atoms with Crippen LogP contribution in [0.5, 0.6) is 0 Å². The molecule has 1 N–H and O–H groups in total. The molecular weight excluding hydrogens is 416 g/mol. The van der Waals surface area contributed by atoms with E-state index in [1.807, 2.05) is 68.6 Å². The van der Waals surface area contributed by atoms with Crippen molar-refractivity contribution in [2.24, 2.45) is 5.41 Å². The molecule has 1 aliphatic carbocycles. The van der Waals surface area contributed by atoms with Gasteiger partial charge in [0.15, 0.2) is 11.8 Å². The van der Waals surface area contributed by atoms with Gasteiger partial charge in [-0.2, -0.15) is 9.61 Å². The van der Waals surface area contributed by atoms with E-state index >= 15 is 0 Å². The first-order chi connectivity index (χ1) is 15.7. The molecule has 7 nitrogen and oxygen atoms in total. The zero-order chi connectivity index (χ0) is 23.4. The Bertz CT molecular complexity index is 1180. The summed E-state index contributed by atoms with van der Waals surface area (Å²) in [6.07, 6.45) is 3.74. The number of hydrogen-bond acceptors (Lipinski definition) is 5. The van der Waals surface area contributed by atoms with E-state index in [0.29, 0.717) is 16.7 Å². The van der Waals surface area contributed by atoms with Crippen molar-refractivity contribution >= 4 is 17.4 Å². The van der Waals surface area contributed by atoms with Gasteiger partial charge in [0.2, 0.25) is 0 Å². The zero-order valence-electron chi connectivity index (χ0n) is 19.8. The van der Waals surface area contributed by atoms with E-state index in [-0.39, 0.29) is 0 Å². The van der Waals surface area contributed by atoms with Gasteiger partial charge in [-0.05, 0) is 58.8 Å². The maximum Gasteiger partial charge on any atom is 0.337 e. The van der Waals surface area contributed by atoms with Crippen LogP contribution in [-0.4, -0.2) is 44.4 Å². The van der Waals surface area contributed by atoms with Crippen molar-refractivity contribution in [3.63, 3.8) is 0 Å². The average Bonchev–Trinajstić information content (AvgIpc) is 3.38.